The first-order valence-electron chi connectivity index (χ1n) is 8.99. The summed E-state index contributed by atoms with van der Waals surface area (Å²) in [5, 5.41) is 6.99. The molecule has 1 aliphatic heterocycles. The van der Waals surface area contributed by atoms with E-state index in [1.165, 1.54) is 16.6 Å². The minimum absolute atomic E-state index is 0.0877. The Morgan fingerprint density at radius 1 is 1.31 bits per heavy atom. The van der Waals surface area contributed by atoms with E-state index in [4.69, 9.17) is 0 Å². The summed E-state index contributed by atoms with van der Waals surface area (Å²) in [6, 6.07) is 9.74. The van der Waals surface area contributed by atoms with Crippen LogP contribution in [0.1, 0.15) is 36.2 Å². The summed E-state index contributed by atoms with van der Waals surface area (Å²) in [5.74, 6) is 0.151. The molecule has 0 radical (unpaired) electrons. The standard InChI is InChI=1S/C20H21N3O2S/c1-2-16-15-9-12-26-19(15)7-10-22(16)20(25)8-11-23-17-6-4-3-5-14(17)18(24)13-21-23/h3-6,9,12-13,16H,2,7-8,10-11H2,1H3/t16-/m1/s1. The molecule has 4 rings (SSSR count). The number of carbonyl (C=O) groups is 1. The summed E-state index contributed by atoms with van der Waals surface area (Å²) in [4.78, 5) is 28.3. The molecule has 1 atom stereocenters. The summed E-state index contributed by atoms with van der Waals surface area (Å²) in [5.41, 5.74) is 2.00. The third kappa shape index (κ3) is 2.94. The lowest BCUT2D eigenvalue weighted by Crippen LogP contribution is -2.39. The van der Waals surface area contributed by atoms with Gasteiger partial charge in [-0.05, 0) is 42.0 Å². The number of aryl methyl sites for hydroxylation is 1. The van der Waals surface area contributed by atoms with Crippen molar-refractivity contribution >= 4 is 28.1 Å². The van der Waals surface area contributed by atoms with Crippen molar-refractivity contribution in [3.63, 3.8) is 0 Å². The highest BCUT2D eigenvalue weighted by molar-refractivity contribution is 7.10. The fourth-order valence-electron chi connectivity index (χ4n) is 3.82. The fraction of sp³-hybridized carbons (Fsp3) is 0.350. The Bertz CT molecular complexity index is 1010. The average molecular weight is 367 g/mol. The molecule has 0 fully saturated rings. The Morgan fingerprint density at radius 3 is 3.00 bits per heavy atom. The highest BCUT2D eigenvalue weighted by atomic mass is 32.1. The second-order valence-electron chi connectivity index (χ2n) is 6.56. The zero-order valence-corrected chi connectivity index (χ0v) is 15.5. The van der Waals surface area contributed by atoms with Crippen molar-refractivity contribution in [3.05, 3.63) is 62.6 Å². The number of carbonyl (C=O) groups excluding carboxylic acids is 1. The van der Waals surface area contributed by atoms with Crippen molar-refractivity contribution in [2.45, 2.75) is 38.8 Å². The van der Waals surface area contributed by atoms with Gasteiger partial charge < -0.3 is 4.90 Å². The van der Waals surface area contributed by atoms with Crippen LogP contribution in [0.25, 0.3) is 10.9 Å². The molecule has 0 saturated heterocycles. The molecular weight excluding hydrogens is 346 g/mol. The summed E-state index contributed by atoms with van der Waals surface area (Å²) in [6.07, 6.45) is 3.58. The van der Waals surface area contributed by atoms with E-state index in [-0.39, 0.29) is 17.4 Å². The van der Waals surface area contributed by atoms with Crippen LogP contribution in [0.2, 0.25) is 0 Å². The Labute approximate surface area is 155 Å². The van der Waals surface area contributed by atoms with Crippen LogP contribution < -0.4 is 5.43 Å². The smallest absolute Gasteiger partial charge is 0.224 e. The van der Waals surface area contributed by atoms with Crippen LogP contribution >= 0.6 is 11.3 Å². The quantitative estimate of drug-likeness (QED) is 0.710. The number of thiophene rings is 1. The van der Waals surface area contributed by atoms with E-state index in [1.54, 1.807) is 22.1 Å². The van der Waals surface area contributed by atoms with Crippen molar-refractivity contribution in [2.24, 2.45) is 0 Å². The molecule has 6 heteroatoms. The number of benzene rings is 1. The SMILES string of the molecule is CC[C@@H]1c2ccsc2CCN1C(=O)CCn1ncc(=O)c2ccccc21. The molecule has 3 aromatic rings. The van der Waals surface area contributed by atoms with E-state index in [9.17, 15) is 9.59 Å². The zero-order valence-electron chi connectivity index (χ0n) is 14.7. The van der Waals surface area contributed by atoms with Gasteiger partial charge in [-0.3, -0.25) is 14.3 Å². The van der Waals surface area contributed by atoms with E-state index in [2.05, 4.69) is 23.5 Å². The van der Waals surface area contributed by atoms with Crippen LogP contribution in [0.15, 0.2) is 46.7 Å². The van der Waals surface area contributed by atoms with E-state index >= 15 is 0 Å². The van der Waals surface area contributed by atoms with Crippen LogP contribution in [0, 0.1) is 0 Å². The highest BCUT2D eigenvalue weighted by Gasteiger charge is 2.29. The molecule has 1 aromatic carbocycles. The maximum atomic E-state index is 12.9. The monoisotopic (exact) mass is 367 g/mol. The molecule has 0 saturated carbocycles. The van der Waals surface area contributed by atoms with E-state index in [1.807, 2.05) is 23.1 Å². The Morgan fingerprint density at radius 2 is 2.15 bits per heavy atom. The molecule has 0 N–H and O–H groups in total. The molecule has 0 aliphatic carbocycles. The van der Waals surface area contributed by atoms with Crippen LogP contribution in [0.5, 0.6) is 0 Å². The molecule has 5 nitrogen and oxygen atoms in total. The van der Waals surface area contributed by atoms with E-state index in [0.29, 0.717) is 18.4 Å². The van der Waals surface area contributed by atoms with Gasteiger partial charge in [-0.15, -0.1) is 11.3 Å². The van der Waals surface area contributed by atoms with Gasteiger partial charge in [0.2, 0.25) is 11.3 Å². The van der Waals surface area contributed by atoms with Crippen molar-refractivity contribution in [1.29, 1.82) is 0 Å². The lowest BCUT2D eigenvalue weighted by molar-refractivity contribution is -0.134. The van der Waals surface area contributed by atoms with Gasteiger partial charge in [-0.2, -0.15) is 5.10 Å². The molecule has 134 valence electrons. The third-order valence-electron chi connectivity index (χ3n) is 5.10. The van der Waals surface area contributed by atoms with Crippen molar-refractivity contribution < 1.29 is 4.79 Å². The Balaban J connectivity index is 1.53. The summed E-state index contributed by atoms with van der Waals surface area (Å²) < 4.78 is 1.76. The number of hydrogen-bond acceptors (Lipinski definition) is 4. The molecule has 0 bridgehead atoms. The maximum Gasteiger partial charge on any atom is 0.224 e. The van der Waals surface area contributed by atoms with E-state index < -0.39 is 0 Å². The van der Waals surface area contributed by atoms with Gasteiger partial charge in [0.15, 0.2) is 0 Å². The summed E-state index contributed by atoms with van der Waals surface area (Å²) in [7, 11) is 0. The zero-order chi connectivity index (χ0) is 18.1. The third-order valence-corrected chi connectivity index (χ3v) is 6.10. The molecule has 1 amide bonds. The minimum atomic E-state index is -0.0877. The first-order chi connectivity index (χ1) is 12.7. The fourth-order valence-corrected chi connectivity index (χ4v) is 4.75. The van der Waals surface area contributed by atoms with Crippen molar-refractivity contribution in [1.82, 2.24) is 14.7 Å². The molecule has 0 unspecified atom stereocenters. The number of nitrogens with zero attached hydrogens (tertiary/aromatic N) is 3. The summed E-state index contributed by atoms with van der Waals surface area (Å²) in [6.45, 7) is 3.39. The molecule has 0 spiro atoms. The predicted octanol–water partition coefficient (Wildman–Crippen LogP) is 3.38. The Kier molecular flexibility index (Phi) is 4.59. The number of amides is 1. The maximum absolute atomic E-state index is 12.9. The summed E-state index contributed by atoms with van der Waals surface area (Å²) >= 11 is 1.79. The molecule has 2 aromatic heterocycles. The molecule has 1 aliphatic rings. The van der Waals surface area contributed by atoms with Crippen LogP contribution in [-0.2, 0) is 17.8 Å². The number of para-hydroxylation sites is 1. The molecule has 3 heterocycles. The second-order valence-corrected chi connectivity index (χ2v) is 7.56. The van der Waals surface area contributed by atoms with Gasteiger partial charge in [0.25, 0.3) is 0 Å². The number of rotatable bonds is 4. The highest BCUT2D eigenvalue weighted by Crippen LogP contribution is 2.35. The van der Waals surface area contributed by atoms with E-state index in [0.717, 1.165) is 24.9 Å². The molecular formula is C20H21N3O2S. The van der Waals surface area contributed by atoms with Crippen LogP contribution in [0.3, 0.4) is 0 Å². The first-order valence-corrected chi connectivity index (χ1v) is 9.87. The van der Waals surface area contributed by atoms with Gasteiger partial charge in [0.1, 0.15) is 0 Å². The van der Waals surface area contributed by atoms with Crippen LogP contribution in [-0.4, -0.2) is 27.1 Å². The first kappa shape index (κ1) is 17.0. The van der Waals surface area contributed by atoms with Gasteiger partial charge in [0, 0.05) is 23.2 Å². The number of aromatic nitrogens is 2. The Hall–Kier alpha value is -2.47. The number of fused-ring (bicyclic) bond motifs is 2. The predicted molar refractivity (Wildman–Crippen MR) is 103 cm³/mol. The topological polar surface area (TPSA) is 55.2 Å². The average Bonchev–Trinajstić information content (AvgIpc) is 3.15. The van der Waals surface area contributed by atoms with Crippen molar-refractivity contribution in [3.8, 4) is 0 Å². The lowest BCUT2D eigenvalue weighted by Gasteiger charge is -2.35. The van der Waals surface area contributed by atoms with Gasteiger partial charge in [0.05, 0.1) is 24.3 Å². The van der Waals surface area contributed by atoms with Crippen LogP contribution in [0.4, 0.5) is 0 Å². The largest absolute Gasteiger partial charge is 0.335 e. The van der Waals surface area contributed by atoms with Gasteiger partial charge >= 0.3 is 0 Å². The minimum Gasteiger partial charge on any atom is -0.335 e. The second kappa shape index (κ2) is 7.03. The van der Waals surface area contributed by atoms with Gasteiger partial charge in [-0.1, -0.05) is 19.1 Å². The lowest BCUT2D eigenvalue weighted by atomic mass is 9.97. The van der Waals surface area contributed by atoms with Crippen molar-refractivity contribution in [2.75, 3.05) is 6.54 Å². The normalized spacial score (nSPS) is 16.7. The molecule has 26 heavy (non-hydrogen) atoms. The number of hydrogen-bond donors (Lipinski definition) is 0. The van der Waals surface area contributed by atoms with Gasteiger partial charge in [-0.25, -0.2) is 0 Å².